The highest BCUT2D eigenvalue weighted by Crippen LogP contribution is 2.32. The van der Waals surface area contributed by atoms with Crippen LogP contribution in [-0.4, -0.2) is 38.5 Å². The lowest BCUT2D eigenvalue weighted by Gasteiger charge is -2.21. The molecule has 2 amide bonds. The Labute approximate surface area is 136 Å². The molecule has 0 aromatic heterocycles. The average molecular weight is 320 g/mol. The fraction of sp³-hybridized carbons (Fsp3) is 0.588. The third kappa shape index (κ3) is 4.28. The van der Waals surface area contributed by atoms with Crippen LogP contribution in [0.15, 0.2) is 18.2 Å². The fourth-order valence-electron chi connectivity index (χ4n) is 2.88. The second kappa shape index (κ2) is 7.55. The third-order valence-electron chi connectivity index (χ3n) is 4.19. The molecule has 0 aliphatic carbocycles. The smallest absolute Gasteiger partial charge is 0.315 e. The molecule has 1 saturated heterocycles. The van der Waals surface area contributed by atoms with Gasteiger partial charge in [-0.05, 0) is 43.9 Å². The first kappa shape index (κ1) is 15.9. The quantitative estimate of drug-likeness (QED) is 0.874. The van der Waals surface area contributed by atoms with Gasteiger partial charge in [0.2, 0.25) is 0 Å². The molecular formula is C17H24N2O4. The molecule has 2 atom stereocenters. The van der Waals surface area contributed by atoms with E-state index in [0.29, 0.717) is 25.9 Å². The second-order valence-electron chi connectivity index (χ2n) is 5.95. The Morgan fingerprint density at radius 2 is 2.09 bits per heavy atom. The summed E-state index contributed by atoms with van der Waals surface area (Å²) in [5.41, 5.74) is 0.989. The van der Waals surface area contributed by atoms with Gasteiger partial charge in [-0.2, -0.15) is 0 Å². The highest BCUT2D eigenvalue weighted by atomic mass is 16.6. The van der Waals surface area contributed by atoms with Gasteiger partial charge in [0.15, 0.2) is 11.5 Å². The van der Waals surface area contributed by atoms with Crippen molar-refractivity contribution >= 4 is 6.03 Å². The third-order valence-corrected chi connectivity index (χ3v) is 4.19. The first-order valence-corrected chi connectivity index (χ1v) is 8.28. The molecule has 0 radical (unpaired) electrons. The van der Waals surface area contributed by atoms with Crippen molar-refractivity contribution in [2.24, 2.45) is 0 Å². The van der Waals surface area contributed by atoms with Crippen LogP contribution in [0, 0.1) is 0 Å². The van der Waals surface area contributed by atoms with Gasteiger partial charge in [0.1, 0.15) is 13.2 Å². The average Bonchev–Trinajstić information content (AvgIpc) is 3.07. The van der Waals surface area contributed by atoms with Crippen molar-refractivity contribution in [2.75, 3.05) is 26.4 Å². The number of hydrogen-bond donors (Lipinski definition) is 2. The number of carbonyl (C=O) groups excluding carboxylic acids is 1. The van der Waals surface area contributed by atoms with Crippen LogP contribution < -0.4 is 20.1 Å². The molecule has 1 aromatic rings. The minimum atomic E-state index is -0.162. The van der Waals surface area contributed by atoms with Crippen molar-refractivity contribution in [1.82, 2.24) is 10.6 Å². The van der Waals surface area contributed by atoms with Crippen LogP contribution in [0.2, 0.25) is 0 Å². The molecule has 0 saturated carbocycles. The predicted molar refractivity (Wildman–Crippen MR) is 86.0 cm³/mol. The maximum absolute atomic E-state index is 12.0. The van der Waals surface area contributed by atoms with Gasteiger partial charge in [-0.1, -0.05) is 6.07 Å². The van der Waals surface area contributed by atoms with Gasteiger partial charge in [-0.25, -0.2) is 4.79 Å². The van der Waals surface area contributed by atoms with Crippen LogP contribution in [-0.2, 0) is 4.74 Å². The van der Waals surface area contributed by atoms with Crippen LogP contribution in [0.4, 0.5) is 4.79 Å². The van der Waals surface area contributed by atoms with E-state index in [2.05, 4.69) is 10.6 Å². The molecule has 2 unspecified atom stereocenters. The summed E-state index contributed by atoms with van der Waals surface area (Å²) >= 11 is 0. The summed E-state index contributed by atoms with van der Waals surface area (Å²) in [6.45, 7) is 4.56. The molecule has 2 aliphatic rings. The van der Waals surface area contributed by atoms with E-state index in [1.54, 1.807) is 0 Å². The number of rotatable bonds is 5. The van der Waals surface area contributed by atoms with Crippen LogP contribution >= 0.6 is 0 Å². The van der Waals surface area contributed by atoms with Crippen molar-refractivity contribution in [2.45, 2.75) is 38.3 Å². The largest absolute Gasteiger partial charge is 0.486 e. The molecule has 6 nitrogen and oxygen atoms in total. The number of fused-ring (bicyclic) bond motifs is 1. The summed E-state index contributed by atoms with van der Waals surface area (Å²) in [6.07, 6.45) is 3.38. The highest BCUT2D eigenvalue weighted by molar-refractivity contribution is 5.74. The predicted octanol–water partition coefficient (Wildman–Crippen LogP) is 2.39. The van der Waals surface area contributed by atoms with Gasteiger partial charge in [0.25, 0.3) is 0 Å². The Hall–Kier alpha value is -1.95. The lowest BCUT2D eigenvalue weighted by atomic mass is 10.1. The van der Waals surface area contributed by atoms with Crippen molar-refractivity contribution in [3.05, 3.63) is 23.8 Å². The number of carbonyl (C=O) groups is 1. The zero-order valence-corrected chi connectivity index (χ0v) is 13.5. The number of urea groups is 1. The molecule has 3 rings (SSSR count). The van der Waals surface area contributed by atoms with E-state index in [9.17, 15) is 4.79 Å². The van der Waals surface area contributed by atoms with Crippen LogP contribution in [0.5, 0.6) is 11.5 Å². The maximum Gasteiger partial charge on any atom is 0.315 e. The summed E-state index contributed by atoms with van der Waals surface area (Å²) in [5, 5.41) is 5.83. The van der Waals surface area contributed by atoms with Crippen LogP contribution in [0.1, 0.15) is 37.8 Å². The van der Waals surface area contributed by atoms with Gasteiger partial charge in [0, 0.05) is 13.2 Å². The summed E-state index contributed by atoms with van der Waals surface area (Å²) in [7, 11) is 0. The Morgan fingerprint density at radius 3 is 2.87 bits per heavy atom. The van der Waals surface area contributed by atoms with Crippen molar-refractivity contribution in [3.63, 3.8) is 0 Å². The SMILES string of the molecule is CC(NC(=O)NCCC1CCCO1)c1ccc2c(c1)OCCO2. The topological polar surface area (TPSA) is 68.8 Å². The van der Waals surface area contributed by atoms with Gasteiger partial charge in [-0.15, -0.1) is 0 Å². The lowest BCUT2D eigenvalue weighted by Crippen LogP contribution is -2.38. The molecule has 23 heavy (non-hydrogen) atoms. The van der Waals surface area contributed by atoms with Crippen molar-refractivity contribution in [3.8, 4) is 11.5 Å². The van der Waals surface area contributed by atoms with E-state index in [1.807, 2.05) is 25.1 Å². The molecule has 0 bridgehead atoms. The lowest BCUT2D eigenvalue weighted by molar-refractivity contribution is 0.104. The monoisotopic (exact) mass is 320 g/mol. The van der Waals surface area contributed by atoms with Gasteiger partial charge < -0.3 is 24.8 Å². The fourth-order valence-corrected chi connectivity index (χ4v) is 2.88. The van der Waals surface area contributed by atoms with Crippen LogP contribution in [0.3, 0.4) is 0 Å². The van der Waals surface area contributed by atoms with Gasteiger partial charge in [-0.3, -0.25) is 0 Å². The molecular weight excluding hydrogens is 296 g/mol. The molecule has 2 N–H and O–H groups in total. The molecule has 6 heteroatoms. The molecule has 126 valence electrons. The first-order chi connectivity index (χ1) is 11.2. The Bertz CT molecular complexity index is 543. The van der Waals surface area contributed by atoms with E-state index < -0.39 is 0 Å². The zero-order valence-electron chi connectivity index (χ0n) is 13.5. The summed E-state index contributed by atoms with van der Waals surface area (Å²) in [5.74, 6) is 1.49. The summed E-state index contributed by atoms with van der Waals surface area (Å²) in [6, 6.07) is 5.49. The number of benzene rings is 1. The number of hydrogen-bond acceptors (Lipinski definition) is 4. The molecule has 1 fully saturated rings. The van der Waals surface area contributed by atoms with E-state index >= 15 is 0 Å². The van der Waals surface area contributed by atoms with E-state index in [1.165, 1.54) is 0 Å². The normalized spacial score (nSPS) is 20.8. The van der Waals surface area contributed by atoms with E-state index in [0.717, 1.165) is 42.9 Å². The molecule has 0 spiro atoms. The van der Waals surface area contributed by atoms with Crippen molar-refractivity contribution in [1.29, 1.82) is 0 Å². The Balaban J connectivity index is 1.46. The zero-order chi connectivity index (χ0) is 16.1. The number of ether oxygens (including phenoxy) is 3. The van der Waals surface area contributed by atoms with Gasteiger partial charge in [0.05, 0.1) is 12.1 Å². The summed E-state index contributed by atoms with van der Waals surface area (Å²) in [4.78, 5) is 12.0. The molecule has 2 heterocycles. The summed E-state index contributed by atoms with van der Waals surface area (Å²) < 4.78 is 16.6. The van der Waals surface area contributed by atoms with Crippen LogP contribution in [0.25, 0.3) is 0 Å². The highest BCUT2D eigenvalue weighted by Gasteiger charge is 2.17. The standard InChI is InChI=1S/C17H24N2O4/c1-12(13-4-5-15-16(11-13)23-10-9-22-15)19-17(20)18-7-6-14-3-2-8-21-14/h4-5,11-12,14H,2-3,6-10H2,1H3,(H2,18,19,20). The minimum absolute atomic E-state index is 0.103. The van der Waals surface area contributed by atoms with E-state index in [-0.39, 0.29) is 12.1 Å². The maximum atomic E-state index is 12.0. The van der Waals surface area contributed by atoms with E-state index in [4.69, 9.17) is 14.2 Å². The van der Waals surface area contributed by atoms with Gasteiger partial charge >= 0.3 is 6.03 Å². The van der Waals surface area contributed by atoms with Crippen molar-refractivity contribution < 1.29 is 19.0 Å². The first-order valence-electron chi connectivity index (χ1n) is 8.28. The molecule has 1 aromatic carbocycles. The Morgan fingerprint density at radius 1 is 1.26 bits per heavy atom. The number of nitrogens with one attached hydrogen (secondary N) is 2. The second-order valence-corrected chi connectivity index (χ2v) is 5.95. The Kier molecular flexibility index (Phi) is 5.23. The molecule has 2 aliphatic heterocycles. The minimum Gasteiger partial charge on any atom is -0.486 e. The number of amides is 2.